The Labute approximate surface area is 215 Å². The Morgan fingerprint density at radius 1 is 1.14 bits per heavy atom. The second-order valence-corrected chi connectivity index (χ2v) is 12.4. The van der Waals surface area contributed by atoms with Gasteiger partial charge in [0.25, 0.3) is 5.91 Å². The molecule has 2 heterocycles. The van der Waals surface area contributed by atoms with Crippen molar-refractivity contribution in [2.24, 2.45) is 16.8 Å². The van der Waals surface area contributed by atoms with E-state index in [2.05, 4.69) is 18.8 Å². The number of carbonyl (C=O) groups is 1. The number of fused-ring (bicyclic) bond motifs is 1. The van der Waals surface area contributed by atoms with Crippen molar-refractivity contribution in [3.8, 4) is 0 Å². The summed E-state index contributed by atoms with van der Waals surface area (Å²) < 4.78 is 36.2. The largest absolute Gasteiger partial charge is 0.380 e. The highest BCUT2D eigenvalue weighted by atomic mass is 35.5. The van der Waals surface area contributed by atoms with Crippen LogP contribution in [0.15, 0.2) is 52.4 Å². The molecule has 188 valence electrons. The molecule has 1 fully saturated rings. The Morgan fingerprint density at radius 3 is 2.49 bits per heavy atom. The Hall–Kier alpha value is -2.04. The molecular weight excluding hydrogens is 506 g/mol. The molecule has 2 unspecified atom stereocenters. The number of carbonyl (C=O) groups excluding carboxylic acids is 1. The molecular formula is C25H30ClN3O4S2. The topological polar surface area (TPSA) is 81.0 Å². The van der Waals surface area contributed by atoms with Gasteiger partial charge in [-0.3, -0.25) is 4.79 Å². The van der Waals surface area contributed by atoms with E-state index in [1.54, 1.807) is 4.31 Å². The van der Waals surface area contributed by atoms with E-state index in [0.717, 1.165) is 16.6 Å². The van der Waals surface area contributed by atoms with Crippen molar-refractivity contribution in [3.05, 3.63) is 57.9 Å². The Balaban J connectivity index is 1.62. The molecule has 0 bridgehead atoms. The molecule has 2 atom stereocenters. The number of amides is 1. The molecule has 1 amide bonds. The van der Waals surface area contributed by atoms with Crippen LogP contribution in [0.5, 0.6) is 0 Å². The number of piperidine rings is 1. The molecule has 7 nitrogen and oxygen atoms in total. The number of aromatic nitrogens is 1. The summed E-state index contributed by atoms with van der Waals surface area (Å²) in [7, 11) is -3.61. The van der Waals surface area contributed by atoms with Gasteiger partial charge in [0.15, 0.2) is 4.80 Å². The van der Waals surface area contributed by atoms with Crippen LogP contribution in [0.25, 0.3) is 10.2 Å². The number of nitrogens with zero attached hydrogens (tertiary/aromatic N) is 3. The number of hydrogen-bond donors (Lipinski definition) is 0. The average Bonchev–Trinajstić information content (AvgIpc) is 3.14. The molecule has 1 aliphatic rings. The van der Waals surface area contributed by atoms with E-state index in [4.69, 9.17) is 16.3 Å². The first-order valence-corrected chi connectivity index (χ1v) is 14.4. The van der Waals surface area contributed by atoms with Gasteiger partial charge in [0, 0.05) is 36.8 Å². The number of thiazole rings is 1. The zero-order valence-corrected chi connectivity index (χ0v) is 22.5. The summed E-state index contributed by atoms with van der Waals surface area (Å²) >= 11 is 7.53. The van der Waals surface area contributed by atoms with Crippen molar-refractivity contribution >= 4 is 49.1 Å². The molecule has 35 heavy (non-hydrogen) atoms. The lowest BCUT2D eigenvalue weighted by Crippen LogP contribution is -2.42. The molecule has 0 radical (unpaired) electrons. The Kier molecular flexibility index (Phi) is 8.12. The average molecular weight is 536 g/mol. The van der Waals surface area contributed by atoms with E-state index in [9.17, 15) is 13.2 Å². The molecule has 0 N–H and O–H groups in total. The van der Waals surface area contributed by atoms with E-state index in [1.165, 1.54) is 35.6 Å². The van der Waals surface area contributed by atoms with Gasteiger partial charge in [-0.1, -0.05) is 36.8 Å². The highest BCUT2D eigenvalue weighted by Crippen LogP contribution is 2.27. The standard InChI is InChI=1S/C25H30ClN3O4S2/c1-4-33-12-11-29-22-10-7-20(26)14-23(22)34-25(29)27-24(30)19-5-8-21(9-6-19)35(31,32)28-15-17(2)13-18(3)16-28/h5-10,14,17-18H,4,11-13,15-16H2,1-3H3. The molecule has 2 aromatic carbocycles. The number of ether oxygens (including phenoxy) is 1. The normalized spacial score (nSPS) is 19.9. The van der Waals surface area contributed by atoms with Gasteiger partial charge in [-0.05, 0) is 67.6 Å². The summed E-state index contributed by atoms with van der Waals surface area (Å²) in [5.74, 6) is 0.203. The molecule has 4 rings (SSSR count). The van der Waals surface area contributed by atoms with Crippen LogP contribution in [0.1, 0.15) is 37.6 Å². The molecule has 10 heteroatoms. The van der Waals surface area contributed by atoms with Crippen molar-refractivity contribution in [1.29, 1.82) is 0 Å². The first-order chi connectivity index (χ1) is 16.7. The summed E-state index contributed by atoms with van der Waals surface area (Å²) in [6.07, 6.45) is 1.02. The number of halogens is 1. The van der Waals surface area contributed by atoms with E-state index in [0.29, 0.717) is 60.1 Å². The number of sulfonamides is 1. The first-order valence-electron chi connectivity index (χ1n) is 11.7. The minimum Gasteiger partial charge on any atom is -0.380 e. The smallest absolute Gasteiger partial charge is 0.279 e. The van der Waals surface area contributed by atoms with Crippen molar-refractivity contribution < 1.29 is 17.9 Å². The van der Waals surface area contributed by atoms with Gasteiger partial charge >= 0.3 is 0 Å². The monoisotopic (exact) mass is 535 g/mol. The predicted octanol–water partition coefficient (Wildman–Crippen LogP) is 4.80. The van der Waals surface area contributed by atoms with Gasteiger partial charge in [0.2, 0.25) is 10.0 Å². The fourth-order valence-electron chi connectivity index (χ4n) is 4.52. The molecule has 1 saturated heterocycles. The van der Waals surface area contributed by atoms with Crippen molar-refractivity contribution in [2.45, 2.75) is 38.6 Å². The molecule has 3 aromatic rings. The second kappa shape index (κ2) is 10.9. The fraction of sp³-hybridized carbons (Fsp3) is 0.440. The Bertz CT molecular complexity index is 1370. The highest BCUT2D eigenvalue weighted by Gasteiger charge is 2.31. The quantitative estimate of drug-likeness (QED) is 0.407. The van der Waals surface area contributed by atoms with Crippen LogP contribution < -0.4 is 4.80 Å². The number of benzene rings is 2. The fourth-order valence-corrected chi connectivity index (χ4v) is 7.53. The van der Waals surface area contributed by atoms with Crippen LogP contribution in [-0.2, 0) is 21.3 Å². The van der Waals surface area contributed by atoms with Crippen molar-refractivity contribution in [1.82, 2.24) is 8.87 Å². The maximum atomic E-state index is 13.1. The minimum absolute atomic E-state index is 0.193. The third-order valence-electron chi connectivity index (χ3n) is 6.08. The van der Waals surface area contributed by atoms with E-state index in [-0.39, 0.29) is 4.90 Å². The highest BCUT2D eigenvalue weighted by molar-refractivity contribution is 7.89. The Morgan fingerprint density at radius 2 is 1.83 bits per heavy atom. The van der Waals surface area contributed by atoms with Gasteiger partial charge in [0.1, 0.15) is 0 Å². The number of hydrogen-bond acceptors (Lipinski definition) is 5. The summed E-state index contributed by atoms with van der Waals surface area (Å²) in [5.41, 5.74) is 1.26. The van der Waals surface area contributed by atoms with Gasteiger partial charge in [-0.25, -0.2) is 8.42 Å². The van der Waals surface area contributed by atoms with E-state index in [1.807, 2.05) is 29.7 Å². The zero-order valence-electron chi connectivity index (χ0n) is 20.1. The van der Waals surface area contributed by atoms with E-state index >= 15 is 0 Å². The lowest BCUT2D eigenvalue weighted by molar-refractivity contribution is 0.0996. The first kappa shape index (κ1) is 26.0. The second-order valence-electron chi connectivity index (χ2n) is 9.05. The van der Waals surface area contributed by atoms with Crippen LogP contribution in [-0.4, -0.2) is 49.5 Å². The van der Waals surface area contributed by atoms with Crippen LogP contribution in [0, 0.1) is 11.8 Å². The van der Waals surface area contributed by atoms with Crippen molar-refractivity contribution in [3.63, 3.8) is 0 Å². The van der Waals surface area contributed by atoms with Gasteiger partial charge in [-0.15, -0.1) is 0 Å². The minimum atomic E-state index is -3.61. The van der Waals surface area contributed by atoms with E-state index < -0.39 is 15.9 Å². The molecule has 0 saturated carbocycles. The third kappa shape index (κ3) is 5.86. The summed E-state index contributed by atoms with van der Waals surface area (Å²) in [6, 6.07) is 11.6. The molecule has 1 aliphatic heterocycles. The summed E-state index contributed by atoms with van der Waals surface area (Å²) in [5, 5.41) is 0.614. The van der Waals surface area contributed by atoms with Crippen LogP contribution in [0.2, 0.25) is 5.02 Å². The molecule has 1 aromatic heterocycles. The predicted molar refractivity (Wildman–Crippen MR) is 139 cm³/mol. The maximum Gasteiger partial charge on any atom is 0.279 e. The van der Waals surface area contributed by atoms with Crippen LogP contribution in [0.4, 0.5) is 0 Å². The van der Waals surface area contributed by atoms with Crippen LogP contribution in [0.3, 0.4) is 0 Å². The lowest BCUT2D eigenvalue weighted by Gasteiger charge is -2.34. The molecule has 0 spiro atoms. The van der Waals surface area contributed by atoms with Crippen molar-refractivity contribution in [2.75, 3.05) is 26.3 Å². The van der Waals surface area contributed by atoms with Gasteiger partial charge in [-0.2, -0.15) is 9.30 Å². The lowest BCUT2D eigenvalue weighted by atomic mass is 9.94. The third-order valence-corrected chi connectivity index (χ3v) is 9.20. The van der Waals surface area contributed by atoms with Gasteiger partial charge < -0.3 is 9.30 Å². The SMILES string of the molecule is CCOCCn1c(=NC(=O)c2ccc(S(=O)(=O)N3CC(C)CC(C)C3)cc2)sc2cc(Cl)ccc21. The van der Waals surface area contributed by atoms with Gasteiger partial charge in [0.05, 0.1) is 21.7 Å². The summed E-state index contributed by atoms with van der Waals surface area (Å²) in [4.78, 5) is 18.1. The maximum absolute atomic E-state index is 13.1. The number of rotatable bonds is 7. The zero-order chi connectivity index (χ0) is 25.2. The molecule has 0 aliphatic carbocycles. The van der Waals surface area contributed by atoms with Crippen LogP contribution >= 0.6 is 22.9 Å². The summed E-state index contributed by atoms with van der Waals surface area (Å²) in [6.45, 7) is 8.75.